The summed E-state index contributed by atoms with van der Waals surface area (Å²) in [6.07, 6.45) is 0. The van der Waals surface area contributed by atoms with Crippen LogP contribution in [0.15, 0.2) is 0 Å². The van der Waals surface area contributed by atoms with E-state index < -0.39 is 0 Å². The molecule has 8 heteroatoms. The van der Waals surface area contributed by atoms with Crippen molar-refractivity contribution in [1.82, 2.24) is 19.9 Å². The Labute approximate surface area is 99.8 Å². The van der Waals surface area contributed by atoms with Gasteiger partial charge < -0.3 is 5.32 Å². The molecule has 2 aromatic rings. The Morgan fingerprint density at radius 1 is 0.867 bits per heavy atom. The summed E-state index contributed by atoms with van der Waals surface area (Å²) in [6, 6.07) is 0. The molecule has 0 saturated heterocycles. The Morgan fingerprint density at radius 3 is 2.20 bits per heavy atom. The van der Waals surface area contributed by atoms with Gasteiger partial charge in [-0.3, -0.25) is 0 Å². The van der Waals surface area contributed by atoms with Crippen LogP contribution < -0.4 is 5.32 Å². The molecule has 2 heterocycles. The summed E-state index contributed by atoms with van der Waals surface area (Å²) in [5.74, 6) is 0.347. The molecule has 0 aromatic carbocycles. The van der Waals surface area contributed by atoms with Crippen LogP contribution >= 0.6 is 34.8 Å². The number of halogens is 3. The standard InChI is InChI=1S/C7H4Cl3N5/c1-11-7-14-3(8)2-6(15-7)13-5(10)4(9)12-2/h1H3,(H,11,13,14,15). The van der Waals surface area contributed by atoms with Crippen LogP contribution in [0, 0.1) is 0 Å². The van der Waals surface area contributed by atoms with Crippen molar-refractivity contribution in [2.24, 2.45) is 0 Å². The van der Waals surface area contributed by atoms with E-state index in [1.165, 1.54) is 0 Å². The summed E-state index contributed by atoms with van der Waals surface area (Å²) in [6.45, 7) is 0. The molecule has 78 valence electrons. The van der Waals surface area contributed by atoms with E-state index >= 15 is 0 Å². The van der Waals surface area contributed by atoms with Crippen LogP contribution in [-0.2, 0) is 0 Å². The largest absolute Gasteiger partial charge is 0.357 e. The van der Waals surface area contributed by atoms with Gasteiger partial charge in [-0.15, -0.1) is 0 Å². The first-order valence-electron chi connectivity index (χ1n) is 3.86. The average Bonchev–Trinajstić information content (AvgIpc) is 2.21. The van der Waals surface area contributed by atoms with Crippen molar-refractivity contribution in [3.05, 3.63) is 15.5 Å². The zero-order chi connectivity index (χ0) is 11.0. The van der Waals surface area contributed by atoms with Gasteiger partial charge in [-0.2, -0.15) is 9.97 Å². The molecular formula is C7H4Cl3N5. The van der Waals surface area contributed by atoms with E-state index in [-0.39, 0.29) is 15.5 Å². The first kappa shape index (κ1) is 10.6. The fourth-order valence-electron chi connectivity index (χ4n) is 0.986. The highest BCUT2D eigenvalue weighted by atomic mass is 35.5. The lowest BCUT2D eigenvalue weighted by atomic mass is 10.5. The lowest BCUT2D eigenvalue weighted by Crippen LogP contribution is -2.00. The Hall–Kier alpha value is -0.910. The van der Waals surface area contributed by atoms with Crippen molar-refractivity contribution in [3.63, 3.8) is 0 Å². The summed E-state index contributed by atoms with van der Waals surface area (Å²) in [5.41, 5.74) is 0.624. The molecule has 0 saturated carbocycles. The Morgan fingerprint density at radius 2 is 1.53 bits per heavy atom. The molecule has 1 N–H and O–H groups in total. The summed E-state index contributed by atoms with van der Waals surface area (Å²) in [7, 11) is 1.67. The first-order valence-corrected chi connectivity index (χ1v) is 4.99. The molecule has 2 rings (SSSR count). The number of hydrogen-bond donors (Lipinski definition) is 1. The molecule has 0 atom stereocenters. The van der Waals surface area contributed by atoms with Gasteiger partial charge in [0, 0.05) is 7.05 Å². The van der Waals surface area contributed by atoms with Crippen molar-refractivity contribution in [2.75, 3.05) is 12.4 Å². The number of nitrogens with zero attached hydrogens (tertiary/aromatic N) is 4. The Balaban J connectivity index is 2.80. The second kappa shape index (κ2) is 3.92. The van der Waals surface area contributed by atoms with Crippen LogP contribution in [0.5, 0.6) is 0 Å². The Bertz CT molecular complexity index is 530. The van der Waals surface area contributed by atoms with Crippen molar-refractivity contribution in [3.8, 4) is 0 Å². The van der Waals surface area contributed by atoms with Crippen LogP contribution in [0.1, 0.15) is 0 Å². The summed E-state index contributed by atoms with van der Waals surface area (Å²) < 4.78 is 0. The first-order chi connectivity index (χ1) is 7.11. The van der Waals surface area contributed by atoms with Crippen LogP contribution in [-0.4, -0.2) is 27.0 Å². The lowest BCUT2D eigenvalue weighted by Gasteiger charge is -2.03. The molecule has 0 aliphatic carbocycles. The van der Waals surface area contributed by atoms with Gasteiger partial charge in [0.1, 0.15) is 5.52 Å². The molecule has 0 radical (unpaired) electrons. The maximum Gasteiger partial charge on any atom is 0.226 e. The van der Waals surface area contributed by atoms with E-state index in [1.54, 1.807) is 7.05 Å². The zero-order valence-electron chi connectivity index (χ0n) is 7.42. The second-order valence-electron chi connectivity index (χ2n) is 2.57. The monoisotopic (exact) mass is 263 g/mol. The van der Waals surface area contributed by atoms with Crippen LogP contribution in [0.3, 0.4) is 0 Å². The minimum Gasteiger partial charge on any atom is -0.357 e. The Kier molecular flexibility index (Phi) is 2.77. The number of anilines is 1. The summed E-state index contributed by atoms with van der Waals surface area (Å²) in [5, 5.41) is 3.08. The molecule has 0 spiro atoms. The minimum atomic E-state index is 0.0758. The predicted octanol–water partition coefficient (Wildman–Crippen LogP) is 2.42. The number of aromatic nitrogens is 4. The quantitative estimate of drug-likeness (QED) is 0.801. The number of rotatable bonds is 1. The van der Waals surface area contributed by atoms with Crippen LogP contribution in [0.25, 0.3) is 11.2 Å². The molecule has 0 fully saturated rings. The molecule has 0 bridgehead atoms. The molecule has 0 unspecified atom stereocenters. The van der Waals surface area contributed by atoms with E-state index in [0.717, 1.165) is 0 Å². The van der Waals surface area contributed by atoms with Crippen LogP contribution in [0.4, 0.5) is 5.95 Å². The third kappa shape index (κ3) is 1.90. The van der Waals surface area contributed by atoms with Crippen molar-refractivity contribution < 1.29 is 0 Å². The van der Waals surface area contributed by atoms with E-state index in [2.05, 4.69) is 25.3 Å². The van der Waals surface area contributed by atoms with Gasteiger partial charge >= 0.3 is 0 Å². The maximum atomic E-state index is 5.87. The van der Waals surface area contributed by atoms with Crippen molar-refractivity contribution in [1.29, 1.82) is 0 Å². The van der Waals surface area contributed by atoms with Gasteiger partial charge in [0.25, 0.3) is 0 Å². The van der Waals surface area contributed by atoms with E-state index in [1.807, 2.05) is 0 Å². The number of fused-ring (bicyclic) bond motifs is 1. The summed E-state index contributed by atoms with van der Waals surface area (Å²) >= 11 is 17.3. The van der Waals surface area contributed by atoms with Gasteiger partial charge in [-0.05, 0) is 0 Å². The van der Waals surface area contributed by atoms with E-state index in [4.69, 9.17) is 34.8 Å². The molecule has 0 aliphatic rings. The minimum absolute atomic E-state index is 0.0758. The second-order valence-corrected chi connectivity index (χ2v) is 3.64. The van der Waals surface area contributed by atoms with Gasteiger partial charge in [0.05, 0.1) is 0 Å². The SMILES string of the molecule is CNc1nc(Cl)c2nc(Cl)c(Cl)nc2n1. The van der Waals surface area contributed by atoms with Crippen LogP contribution in [0.2, 0.25) is 15.5 Å². The highest BCUT2D eigenvalue weighted by molar-refractivity contribution is 6.41. The molecule has 0 amide bonds. The molecular weight excluding hydrogens is 260 g/mol. The van der Waals surface area contributed by atoms with Gasteiger partial charge in [0.15, 0.2) is 21.1 Å². The molecule has 5 nitrogen and oxygen atoms in total. The smallest absolute Gasteiger partial charge is 0.226 e. The third-order valence-electron chi connectivity index (χ3n) is 1.63. The molecule has 2 aromatic heterocycles. The predicted molar refractivity (Wildman–Crippen MR) is 59.7 cm³/mol. The van der Waals surface area contributed by atoms with E-state index in [9.17, 15) is 0 Å². The van der Waals surface area contributed by atoms with Gasteiger partial charge in [-0.25, -0.2) is 9.97 Å². The van der Waals surface area contributed by atoms with Crippen molar-refractivity contribution in [2.45, 2.75) is 0 Å². The topological polar surface area (TPSA) is 63.6 Å². The fourth-order valence-corrected chi connectivity index (χ4v) is 1.44. The normalized spacial score (nSPS) is 10.7. The average molecular weight is 265 g/mol. The highest BCUT2D eigenvalue weighted by Crippen LogP contribution is 2.24. The van der Waals surface area contributed by atoms with Gasteiger partial charge in [-0.1, -0.05) is 34.8 Å². The van der Waals surface area contributed by atoms with Gasteiger partial charge in [0.2, 0.25) is 5.95 Å². The lowest BCUT2D eigenvalue weighted by molar-refractivity contribution is 1.14. The highest BCUT2D eigenvalue weighted by Gasteiger charge is 2.11. The fraction of sp³-hybridized carbons (Fsp3) is 0.143. The van der Waals surface area contributed by atoms with E-state index in [0.29, 0.717) is 17.1 Å². The number of hydrogen-bond acceptors (Lipinski definition) is 5. The maximum absolute atomic E-state index is 5.87. The number of nitrogens with one attached hydrogen (secondary N) is 1. The zero-order valence-corrected chi connectivity index (χ0v) is 9.69. The summed E-state index contributed by atoms with van der Waals surface area (Å²) in [4.78, 5) is 15.8. The third-order valence-corrected chi connectivity index (χ3v) is 2.52. The molecule has 15 heavy (non-hydrogen) atoms. The van der Waals surface area contributed by atoms with Crippen molar-refractivity contribution >= 4 is 51.9 Å². The molecule has 0 aliphatic heterocycles.